The first-order valence-corrected chi connectivity index (χ1v) is 4.57. The normalized spacial score (nSPS) is 10.2. The summed E-state index contributed by atoms with van der Waals surface area (Å²) in [6, 6.07) is 7.71. The SMILES string of the molecule is C=CC(=O)Nc1nn(C)c2ccccc12. The van der Waals surface area contributed by atoms with Crippen molar-refractivity contribution in [2.45, 2.75) is 0 Å². The third-order valence-corrected chi connectivity index (χ3v) is 2.18. The Morgan fingerprint density at radius 3 is 3.00 bits per heavy atom. The Morgan fingerprint density at radius 1 is 1.53 bits per heavy atom. The van der Waals surface area contributed by atoms with Crippen LogP contribution in [0.15, 0.2) is 36.9 Å². The number of amides is 1. The summed E-state index contributed by atoms with van der Waals surface area (Å²) >= 11 is 0. The smallest absolute Gasteiger partial charge is 0.248 e. The van der Waals surface area contributed by atoms with Crippen LogP contribution >= 0.6 is 0 Å². The molecule has 0 radical (unpaired) electrons. The Morgan fingerprint density at radius 2 is 2.27 bits per heavy atom. The van der Waals surface area contributed by atoms with Gasteiger partial charge in [-0.2, -0.15) is 5.10 Å². The molecule has 1 aromatic carbocycles. The Labute approximate surface area is 87.2 Å². The van der Waals surface area contributed by atoms with Crippen molar-refractivity contribution in [1.82, 2.24) is 9.78 Å². The highest BCUT2D eigenvalue weighted by Crippen LogP contribution is 2.21. The molecule has 15 heavy (non-hydrogen) atoms. The summed E-state index contributed by atoms with van der Waals surface area (Å²) in [4.78, 5) is 11.2. The van der Waals surface area contributed by atoms with E-state index in [0.29, 0.717) is 5.82 Å². The molecule has 0 fully saturated rings. The fraction of sp³-hybridized carbons (Fsp3) is 0.0909. The van der Waals surface area contributed by atoms with Crippen molar-refractivity contribution in [1.29, 1.82) is 0 Å². The zero-order chi connectivity index (χ0) is 10.8. The molecule has 0 aliphatic heterocycles. The molecular formula is C11H11N3O. The Kier molecular flexibility index (Phi) is 2.25. The highest BCUT2D eigenvalue weighted by molar-refractivity contribution is 6.04. The van der Waals surface area contributed by atoms with Crippen LogP contribution in [0.25, 0.3) is 10.9 Å². The lowest BCUT2D eigenvalue weighted by atomic mass is 10.2. The van der Waals surface area contributed by atoms with Gasteiger partial charge >= 0.3 is 0 Å². The molecule has 1 N–H and O–H groups in total. The number of hydrogen-bond donors (Lipinski definition) is 1. The van der Waals surface area contributed by atoms with E-state index in [1.807, 2.05) is 31.3 Å². The van der Waals surface area contributed by atoms with E-state index in [0.717, 1.165) is 10.9 Å². The lowest BCUT2D eigenvalue weighted by Crippen LogP contribution is -2.08. The minimum Gasteiger partial charge on any atom is -0.305 e. The van der Waals surface area contributed by atoms with Crippen LogP contribution in [0.5, 0.6) is 0 Å². The van der Waals surface area contributed by atoms with Crippen LogP contribution in [0.1, 0.15) is 0 Å². The Balaban J connectivity index is 2.52. The molecule has 1 heterocycles. The van der Waals surface area contributed by atoms with Crippen molar-refractivity contribution in [3.05, 3.63) is 36.9 Å². The minimum atomic E-state index is -0.251. The largest absolute Gasteiger partial charge is 0.305 e. The molecule has 2 aromatic rings. The van der Waals surface area contributed by atoms with Gasteiger partial charge in [-0.05, 0) is 18.2 Å². The number of fused-ring (bicyclic) bond motifs is 1. The van der Waals surface area contributed by atoms with Gasteiger partial charge in [-0.3, -0.25) is 9.48 Å². The first-order valence-electron chi connectivity index (χ1n) is 4.57. The molecule has 2 rings (SSSR count). The van der Waals surface area contributed by atoms with Crippen molar-refractivity contribution >= 4 is 22.6 Å². The van der Waals surface area contributed by atoms with E-state index in [2.05, 4.69) is 17.0 Å². The molecule has 1 aromatic heterocycles. The number of benzene rings is 1. The van der Waals surface area contributed by atoms with E-state index in [4.69, 9.17) is 0 Å². The quantitative estimate of drug-likeness (QED) is 0.752. The fourth-order valence-electron chi connectivity index (χ4n) is 1.47. The lowest BCUT2D eigenvalue weighted by Gasteiger charge is -1.96. The van der Waals surface area contributed by atoms with E-state index in [9.17, 15) is 4.79 Å². The van der Waals surface area contributed by atoms with Gasteiger partial charge in [0.25, 0.3) is 0 Å². The number of carbonyl (C=O) groups is 1. The summed E-state index contributed by atoms with van der Waals surface area (Å²) in [7, 11) is 1.84. The molecule has 0 atom stereocenters. The summed E-state index contributed by atoms with van der Waals surface area (Å²) in [6.45, 7) is 3.40. The number of anilines is 1. The number of rotatable bonds is 2. The average molecular weight is 201 g/mol. The van der Waals surface area contributed by atoms with Crippen molar-refractivity contribution < 1.29 is 4.79 Å². The van der Waals surface area contributed by atoms with Gasteiger partial charge in [0, 0.05) is 12.4 Å². The van der Waals surface area contributed by atoms with Crippen molar-refractivity contribution in [2.75, 3.05) is 5.32 Å². The van der Waals surface area contributed by atoms with E-state index in [-0.39, 0.29) is 5.91 Å². The molecule has 0 spiro atoms. The maximum Gasteiger partial charge on any atom is 0.248 e. The number of aromatic nitrogens is 2. The molecule has 4 heteroatoms. The molecule has 0 saturated carbocycles. The summed E-state index contributed by atoms with van der Waals surface area (Å²) in [6.07, 6.45) is 1.23. The van der Waals surface area contributed by atoms with Crippen LogP contribution in [0.2, 0.25) is 0 Å². The molecule has 0 bridgehead atoms. The minimum absolute atomic E-state index is 0.251. The number of aryl methyl sites for hydroxylation is 1. The van der Waals surface area contributed by atoms with Crippen molar-refractivity contribution in [3.63, 3.8) is 0 Å². The number of nitrogens with zero attached hydrogens (tertiary/aromatic N) is 2. The molecular weight excluding hydrogens is 190 g/mol. The predicted octanol–water partition coefficient (Wildman–Crippen LogP) is 1.70. The average Bonchev–Trinajstić information content (AvgIpc) is 2.57. The second-order valence-electron chi connectivity index (χ2n) is 3.18. The predicted molar refractivity (Wildman–Crippen MR) is 59.5 cm³/mol. The highest BCUT2D eigenvalue weighted by atomic mass is 16.1. The molecule has 76 valence electrons. The van der Waals surface area contributed by atoms with Crippen LogP contribution < -0.4 is 5.32 Å². The third kappa shape index (κ3) is 1.61. The first-order chi connectivity index (χ1) is 7.22. The zero-order valence-electron chi connectivity index (χ0n) is 8.40. The summed E-state index contributed by atoms with van der Waals surface area (Å²) in [5.41, 5.74) is 0.983. The fourth-order valence-corrected chi connectivity index (χ4v) is 1.47. The second-order valence-corrected chi connectivity index (χ2v) is 3.18. The summed E-state index contributed by atoms with van der Waals surface area (Å²) in [5, 5.41) is 7.81. The van der Waals surface area contributed by atoms with Gasteiger partial charge in [0.1, 0.15) is 0 Å². The van der Waals surface area contributed by atoms with Crippen LogP contribution in [0, 0.1) is 0 Å². The van der Waals surface area contributed by atoms with Crippen LogP contribution in [-0.4, -0.2) is 15.7 Å². The van der Waals surface area contributed by atoms with Gasteiger partial charge in [-0.1, -0.05) is 18.7 Å². The third-order valence-electron chi connectivity index (χ3n) is 2.18. The number of para-hydroxylation sites is 1. The highest BCUT2D eigenvalue weighted by Gasteiger charge is 2.08. The maximum atomic E-state index is 11.2. The number of carbonyl (C=O) groups excluding carboxylic acids is 1. The van der Waals surface area contributed by atoms with E-state index in [1.54, 1.807) is 4.68 Å². The molecule has 0 saturated heterocycles. The number of hydrogen-bond acceptors (Lipinski definition) is 2. The van der Waals surface area contributed by atoms with E-state index in [1.165, 1.54) is 6.08 Å². The second kappa shape index (κ2) is 3.57. The van der Waals surface area contributed by atoms with Gasteiger partial charge in [0.05, 0.1) is 5.52 Å². The van der Waals surface area contributed by atoms with E-state index < -0.39 is 0 Å². The molecule has 0 aliphatic rings. The summed E-state index contributed by atoms with van der Waals surface area (Å²) in [5.74, 6) is 0.317. The maximum absolute atomic E-state index is 11.2. The zero-order valence-corrected chi connectivity index (χ0v) is 8.40. The van der Waals surface area contributed by atoms with Crippen LogP contribution in [0.4, 0.5) is 5.82 Å². The van der Waals surface area contributed by atoms with Gasteiger partial charge in [0.15, 0.2) is 5.82 Å². The van der Waals surface area contributed by atoms with Crippen LogP contribution in [-0.2, 0) is 11.8 Å². The molecule has 1 amide bonds. The summed E-state index contributed by atoms with van der Waals surface area (Å²) < 4.78 is 1.73. The molecule has 0 unspecified atom stereocenters. The molecule has 0 aliphatic carbocycles. The van der Waals surface area contributed by atoms with Crippen molar-refractivity contribution in [2.24, 2.45) is 7.05 Å². The number of nitrogens with one attached hydrogen (secondary N) is 1. The molecule has 4 nitrogen and oxygen atoms in total. The van der Waals surface area contributed by atoms with Crippen molar-refractivity contribution in [3.8, 4) is 0 Å². The topological polar surface area (TPSA) is 46.9 Å². The monoisotopic (exact) mass is 201 g/mol. The lowest BCUT2D eigenvalue weighted by molar-refractivity contribution is -0.111. The Hall–Kier alpha value is -2.10. The standard InChI is InChI=1S/C11H11N3O/c1-3-10(15)12-11-8-6-4-5-7-9(8)14(2)13-11/h3-7H,1H2,2H3,(H,12,13,15). The van der Waals surface area contributed by atoms with Crippen LogP contribution in [0.3, 0.4) is 0 Å². The van der Waals surface area contributed by atoms with Gasteiger partial charge in [-0.25, -0.2) is 0 Å². The first kappa shape index (κ1) is 9.45. The van der Waals surface area contributed by atoms with E-state index >= 15 is 0 Å². The Bertz CT molecular complexity index is 528. The van der Waals surface area contributed by atoms with Gasteiger partial charge in [0.2, 0.25) is 5.91 Å². The van der Waals surface area contributed by atoms with Gasteiger partial charge in [-0.15, -0.1) is 0 Å². The van der Waals surface area contributed by atoms with Gasteiger partial charge < -0.3 is 5.32 Å².